The number of halogens is 1. The lowest BCUT2D eigenvalue weighted by Crippen LogP contribution is -2.47. The Kier molecular flexibility index (Phi) is 6.54. The minimum atomic E-state index is -1.13. The number of hydrogen-bond acceptors (Lipinski definition) is 3. The predicted octanol–water partition coefficient (Wildman–Crippen LogP) is 1.49. The highest BCUT2D eigenvalue weighted by Crippen LogP contribution is 2.24. The summed E-state index contributed by atoms with van der Waals surface area (Å²) in [6.07, 6.45) is 5.22. The summed E-state index contributed by atoms with van der Waals surface area (Å²) in [5, 5.41) is 9.61. The Morgan fingerprint density at radius 2 is 2.09 bits per heavy atom. The Hall–Kier alpha value is -1.90. The van der Waals surface area contributed by atoms with Gasteiger partial charge >= 0.3 is 5.97 Å². The number of nitrogens with zero attached hydrogens (tertiary/aromatic N) is 1. The SMILES string of the molecule is C#CC[N+](C)(CF)CCOC(=O)[C@@](C)(CO)c1ccccc1. The van der Waals surface area contributed by atoms with Crippen LogP contribution in [0.1, 0.15) is 12.5 Å². The molecular formula is C17H23FNO3+. The molecule has 0 amide bonds. The van der Waals surface area contributed by atoms with Gasteiger partial charge in [-0.25, -0.2) is 0 Å². The monoisotopic (exact) mass is 308 g/mol. The van der Waals surface area contributed by atoms with Gasteiger partial charge in [0.2, 0.25) is 6.80 Å². The second-order valence-corrected chi connectivity index (χ2v) is 5.82. The van der Waals surface area contributed by atoms with Gasteiger partial charge in [0.15, 0.2) is 0 Å². The van der Waals surface area contributed by atoms with Gasteiger partial charge < -0.3 is 9.84 Å². The van der Waals surface area contributed by atoms with Gasteiger partial charge in [-0.3, -0.25) is 9.28 Å². The quantitative estimate of drug-likeness (QED) is 0.342. The molecule has 2 atom stereocenters. The largest absolute Gasteiger partial charge is 0.459 e. The summed E-state index contributed by atoms with van der Waals surface area (Å²) in [5.74, 6) is 1.88. The van der Waals surface area contributed by atoms with E-state index in [2.05, 4.69) is 5.92 Å². The molecule has 5 heteroatoms. The lowest BCUT2D eigenvalue weighted by Gasteiger charge is -2.30. The Balaban J connectivity index is 2.69. The molecule has 0 bridgehead atoms. The molecular weight excluding hydrogens is 285 g/mol. The van der Waals surface area contributed by atoms with Crippen LogP contribution in [0.15, 0.2) is 30.3 Å². The van der Waals surface area contributed by atoms with Crippen LogP contribution < -0.4 is 0 Å². The second kappa shape index (κ2) is 7.92. The van der Waals surface area contributed by atoms with Crippen molar-refractivity contribution in [2.24, 2.45) is 0 Å². The molecule has 120 valence electrons. The molecule has 0 aliphatic heterocycles. The topological polar surface area (TPSA) is 46.5 Å². The Labute approximate surface area is 131 Å². The zero-order valence-corrected chi connectivity index (χ0v) is 13.1. The smallest absolute Gasteiger partial charge is 0.318 e. The first kappa shape index (κ1) is 18.1. The number of likely N-dealkylation sites (N-methyl/N-ethyl adjacent to an activating group) is 1. The highest BCUT2D eigenvalue weighted by atomic mass is 19.1. The number of terminal acetylenes is 1. The van der Waals surface area contributed by atoms with Crippen molar-refractivity contribution >= 4 is 5.97 Å². The fraction of sp³-hybridized carbons (Fsp3) is 0.471. The van der Waals surface area contributed by atoms with Crippen LogP contribution >= 0.6 is 0 Å². The van der Waals surface area contributed by atoms with Crippen molar-refractivity contribution in [3.63, 3.8) is 0 Å². The van der Waals surface area contributed by atoms with Gasteiger partial charge in [0.25, 0.3) is 0 Å². The predicted molar refractivity (Wildman–Crippen MR) is 82.6 cm³/mol. The number of aliphatic hydroxyl groups is 1. The van der Waals surface area contributed by atoms with Crippen LogP contribution in [0, 0.1) is 12.3 Å². The maximum Gasteiger partial charge on any atom is 0.318 e. The van der Waals surface area contributed by atoms with Gasteiger partial charge in [0.05, 0.1) is 13.7 Å². The van der Waals surface area contributed by atoms with Crippen molar-refractivity contribution in [2.75, 3.05) is 40.1 Å². The van der Waals surface area contributed by atoms with Crippen LogP contribution in [-0.2, 0) is 14.9 Å². The number of quaternary nitrogens is 1. The van der Waals surface area contributed by atoms with Gasteiger partial charge in [-0.2, -0.15) is 4.39 Å². The molecule has 0 saturated heterocycles. The van der Waals surface area contributed by atoms with E-state index in [4.69, 9.17) is 11.2 Å². The fourth-order valence-electron chi connectivity index (χ4n) is 2.00. The summed E-state index contributed by atoms with van der Waals surface area (Å²) in [7, 11) is 1.66. The summed E-state index contributed by atoms with van der Waals surface area (Å²) in [6.45, 7) is 1.18. The van der Waals surface area contributed by atoms with Gasteiger partial charge in [-0.1, -0.05) is 30.3 Å². The van der Waals surface area contributed by atoms with Gasteiger partial charge in [-0.05, 0) is 18.4 Å². The Morgan fingerprint density at radius 1 is 1.45 bits per heavy atom. The molecule has 1 N–H and O–H groups in total. The first-order valence-corrected chi connectivity index (χ1v) is 7.08. The van der Waals surface area contributed by atoms with Crippen LogP contribution in [0.4, 0.5) is 4.39 Å². The molecule has 1 unspecified atom stereocenters. The van der Waals surface area contributed by atoms with Crippen LogP contribution in [0.25, 0.3) is 0 Å². The van der Waals surface area contributed by atoms with Crippen molar-refractivity contribution in [3.05, 3.63) is 35.9 Å². The fourth-order valence-corrected chi connectivity index (χ4v) is 2.00. The summed E-state index contributed by atoms with van der Waals surface area (Å²) in [5.41, 5.74) is -0.458. The van der Waals surface area contributed by atoms with Crippen LogP contribution in [0.3, 0.4) is 0 Å². The summed E-state index contributed by atoms with van der Waals surface area (Å²) in [6, 6.07) is 8.94. The van der Waals surface area contributed by atoms with E-state index in [1.54, 1.807) is 38.2 Å². The molecule has 0 aromatic heterocycles. The number of carbonyl (C=O) groups is 1. The zero-order valence-electron chi connectivity index (χ0n) is 13.1. The lowest BCUT2D eigenvalue weighted by molar-refractivity contribution is -0.914. The summed E-state index contributed by atoms with van der Waals surface area (Å²) < 4.78 is 18.3. The Bertz CT molecular complexity index is 528. The number of hydrogen-bond donors (Lipinski definition) is 1. The maximum atomic E-state index is 13.0. The van der Waals surface area contributed by atoms with Gasteiger partial charge in [-0.15, -0.1) is 6.42 Å². The molecule has 1 aromatic rings. The molecule has 0 aliphatic rings. The van der Waals surface area contributed by atoms with Crippen LogP contribution in [0.5, 0.6) is 0 Å². The third kappa shape index (κ3) is 4.30. The summed E-state index contributed by atoms with van der Waals surface area (Å²) >= 11 is 0. The number of esters is 1. The van der Waals surface area contributed by atoms with Crippen molar-refractivity contribution in [2.45, 2.75) is 12.3 Å². The minimum Gasteiger partial charge on any atom is -0.459 e. The maximum absolute atomic E-state index is 13.0. The van der Waals surface area contributed by atoms with Crippen LogP contribution in [0.2, 0.25) is 0 Å². The standard InChI is InChI=1S/C17H23FNO3/c1-4-10-19(3,14-18)11-12-22-16(21)17(2,13-20)15-8-6-5-7-9-15/h1,5-9,20H,10-14H2,2-3H3/q+1/t17-,19?/m0/s1. The molecule has 1 aromatic carbocycles. The van der Waals surface area contributed by atoms with E-state index < -0.39 is 18.2 Å². The number of aliphatic hydroxyl groups excluding tert-OH is 1. The van der Waals surface area contributed by atoms with E-state index in [0.29, 0.717) is 5.56 Å². The van der Waals surface area contributed by atoms with E-state index in [9.17, 15) is 14.3 Å². The van der Waals surface area contributed by atoms with Crippen molar-refractivity contribution in [1.82, 2.24) is 0 Å². The summed E-state index contributed by atoms with van der Waals surface area (Å²) in [4.78, 5) is 12.3. The zero-order chi connectivity index (χ0) is 16.6. The third-order valence-corrected chi connectivity index (χ3v) is 3.80. The van der Waals surface area contributed by atoms with Gasteiger partial charge in [0, 0.05) is 0 Å². The number of rotatable bonds is 8. The lowest BCUT2D eigenvalue weighted by atomic mass is 9.83. The number of ether oxygens (including phenoxy) is 1. The highest BCUT2D eigenvalue weighted by Gasteiger charge is 2.36. The molecule has 0 heterocycles. The average Bonchev–Trinajstić information content (AvgIpc) is 2.55. The Morgan fingerprint density at radius 3 is 2.59 bits per heavy atom. The normalized spacial score (nSPS) is 16.1. The first-order chi connectivity index (χ1) is 10.4. The molecule has 0 spiro atoms. The number of carbonyl (C=O) groups excluding carboxylic acids is 1. The molecule has 4 nitrogen and oxygen atoms in total. The molecule has 0 saturated carbocycles. The van der Waals surface area contributed by atoms with E-state index in [1.165, 1.54) is 0 Å². The number of alkyl halides is 1. The second-order valence-electron chi connectivity index (χ2n) is 5.82. The molecule has 1 rings (SSSR count). The van der Waals surface area contributed by atoms with E-state index in [1.807, 2.05) is 6.07 Å². The van der Waals surface area contributed by atoms with Crippen molar-refractivity contribution in [3.8, 4) is 12.3 Å². The third-order valence-electron chi connectivity index (χ3n) is 3.80. The first-order valence-electron chi connectivity index (χ1n) is 7.08. The van der Waals surface area contributed by atoms with Crippen molar-refractivity contribution in [1.29, 1.82) is 0 Å². The van der Waals surface area contributed by atoms with E-state index >= 15 is 0 Å². The highest BCUT2D eigenvalue weighted by molar-refractivity contribution is 5.82. The molecule has 0 radical (unpaired) electrons. The number of benzene rings is 1. The van der Waals surface area contributed by atoms with E-state index in [0.717, 1.165) is 0 Å². The molecule has 0 fully saturated rings. The average molecular weight is 308 g/mol. The van der Waals surface area contributed by atoms with Gasteiger partial charge in [0.1, 0.15) is 25.1 Å². The van der Waals surface area contributed by atoms with Crippen LogP contribution in [-0.4, -0.2) is 55.7 Å². The minimum absolute atomic E-state index is 0.00897. The van der Waals surface area contributed by atoms with Crippen molar-refractivity contribution < 1.29 is 23.5 Å². The van der Waals surface area contributed by atoms with E-state index in [-0.39, 0.29) is 30.8 Å². The molecule has 22 heavy (non-hydrogen) atoms. The molecule has 0 aliphatic carbocycles.